The Kier molecular flexibility index (Phi) is 5.98. The summed E-state index contributed by atoms with van der Waals surface area (Å²) in [4.78, 5) is 27.9. The Balaban J connectivity index is 1.71. The van der Waals surface area contributed by atoms with E-state index >= 15 is 0 Å². The van der Waals surface area contributed by atoms with Crippen LogP contribution in [0.1, 0.15) is 62.3 Å². The molecule has 2 aromatic rings. The summed E-state index contributed by atoms with van der Waals surface area (Å²) in [5, 5.41) is 12.9. The number of hydrogen-bond donors (Lipinski definition) is 1. The maximum atomic E-state index is 12.5. The molecule has 1 atom stereocenters. The second kappa shape index (κ2) is 8.24. The van der Waals surface area contributed by atoms with Crippen LogP contribution in [-0.2, 0) is 22.4 Å². The molecule has 2 heterocycles. The van der Waals surface area contributed by atoms with Gasteiger partial charge in [-0.2, -0.15) is 5.26 Å². The molecule has 5 nitrogen and oxygen atoms in total. The summed E-state index contributed by atoms with van der Waals surface area (Å²) >= 11 is 3.00. The van der Waals surface area contributed by atoms with E-state index in [4.69, 9.17) is 4.74 Å². The first-order valence-corrected chi connectivity index (χ1v) is 10.7. The Bertz CT molecular complexity index is 921. The number of fused-ring (bicyclic) bond motifs is 1. The third-order valence-electron chi connectivity index (χ3n) is 4.68. The zero-order valence-corrected chi connectivity index (χ0v) is 17.3. The van der Waals surface area contributed by atoms with Gasteiger partial charge >= 0.3 is 5.97 Å². The zero-order chi connectivity index (χ0) is 19.6. The van der Waals surface area contributed by atoms with E-state index in [0.717, 1.165) is 41.0 Å². The topological polar surface area (TPSA) is 79.2 Å². The van der Waals surface area contributed by atoms with Crippen LogP contribution < -0.4 is 5.32 Å². The van der Waals surface area contributed by atoms with Gasteiger partial charge in [0.15, 0.2) is 6.10 Å². The highest BCUT2D eigenvalue weighted by molar-refractivity contribution is 7.16. The molecule has 0 saturated carbocycles. The number of nitrogens with zero attached hydrogens (tertiary/aromatic N) is 1. The summed E-state index contributed by atoms with van der Waals surface area (Å²) in [6, 6.07) is 4.02. The quantitative estimate of drug-likeness (QED) is 0.591. The van der Waals surface area contributed by atoms with E-state index < -0.39 is 18.0 Å². The van der Waals surface area contributed by atoms with Crippen molar-refractivity contribution in [1.82, 2.24) is 0 Å². The lowest BCUT2D eigenvalue weighted by Crippen LogP contribution is -2.30. The van der Waals surface area contributed by atoms with E-state index in [0.29, 0.717) is 16.1 Å². The zero-order valence-electron chi connectivity index (χ0n) is 15.7. The average molecular weight is 403 g/mol. The third kappa shape index (κ3) is 4.23. The molecule has 1 aliphatic carbocycles. The molecule has 0 aromatic carbocycles. The van der Waals surface area contributed by atoms with Crippen molar-refractivity contribution in [3.63, 3.8) is 0 Å². The minimum absolute atomic E-state index is 0.416. The van der Waals surface area contributed by atoms with Gasteiger partial charge in [-0.05, 0) is 58.1 Å². The van der Waals surface area contributed by atoms with Crippen LogP contribution in [0.25, 0.3) is 0 Å². The maximum Gasteiger partial charge on any atom is 0.340 e. The fourth-order valence-electron chi connectivity index (χ4n) is 3.27. The molecule has 0 saturated heterocycles. The van der Waals surface area contributed by atoms with Crippen LogP contribution in [0.15, 0.2) is 6.07 Å². The van der Waals surface area contributed by atoms with Crippen molar-refractivity contribution >= 4 is 39.6 Å². The SMILES string of the molecule is Cc1cc(C(=O)O[C@H](C)C(=O)Nc2sc3c(c2C#N)CCCCC3)c(C)s1. The second-order valence-electron chi connectivity index (χ2n) is 6.74. The largest absolute Gasteiger partial charge is 0.449 e. The van der Waals surface area contributed by atoms with E-state index in [9.17, 15) is 14.9 Å². The summed E-state index contributed by atoms with van der Waals surface area (Å²) in [6.45, 7) is 5.33. The van der Waals surface area contributed by atoms with Crippen molar-refractivity contribution in [3.8, 4) is 6.07 Å². The van der Waals surface area contributed by atoms with Crippen LogP contribution in [0.5, 0.6) is 0 Å². The Morgan fingerprint density at radius 3 is 2.63 bits per heavy atom. The van der Waals surface area contributed by atoms with E-state index in [1.807, 2.05) is 13.8 Å². The molecule has 0 fully saturated rings. The predicted octanol–water partition coefficient (Wildman–Crippen LogP) is 4.75. The van der Waals surface area contributed by atoms with Crippen LogP contribution in [0.3, 0.4) is 0 Å². The minimum Gasteiger partial charge on any atom is -0.449 e. The molecule has 142 valence electrons. The van der Waals surface area contributed by atoms with Crippen molar-refractivity contribution in [3.05, 3.63) is 37.4 Å². The lowest BCUT2D eigenvalue weighted by Gasteiger charge is -2.13. The molecule has 1 aliphatic rings. The van der Waals surface area contributed by atoms with Gasteiger partial charge in [-0.25, -0.2) is 4.79 Å². The number of rotatable bonds is 4. The molecule has 0 radical (unpaired) electrons. The van der Waals surface area contributed by atoms with Gasteiger partial charge < -0.3 is 10.1 Å². The Morgan fingerprint density at radius 1 is 1.22 bits per heavy atom. The number of nitrogens with one attached hydrogen (secondary N) is 1. The number of esters is 1. The first-order chi connectivity index (χ1) is 12.9. The number of nitriles is 1. The average Bonchev–Trinajstić information content (AvgIpc) is 3.03. The molecule has 0 bridgehead atoms. The van der Waals surface area contributed by atoms with E-state index in [1.165, 1.54) is 34.0 Å². The highest BCUT2D eigenvalue weighted by Crippen LogP contribution is 2.37. The molecule has 3 rings (SSSR count). The van der Waals surface area contributed by atoms with Gasteiger partial charge in [0.25, 0.3) is 5.91 Å². The Morgan fingerprint density at radius 2 is 1.96 bits per heavy atom. The lowest BCUT2D eigenvalue weighted by atomic mass is 10.1. The number of ether oxygens (including phenoxy) is 1. The molecule has 7 heteroatoms. The lowest BCUT2D eigenvalue weighted by molar-refractivity contribution is -0.123. The molecule has 2 aromatic heterocycles. The number of hydrogen-bond acceptors (Lipinski definition) is 6. The molecule has 1 N–H and O–H groups in total. The number of anilines is 1. The van der Waals surface area contributed by atoms with E-state index in [2.05, 4.69) is 11.4 Å². The number of thiophene rings is 2. The molecular weight excluding hydrogens is 380 g/mol. The molecule has 0 spiro atoms. The fourth-order valence-corrected chi connectivity index (χ4v) is 5.43. The second-order valence-corrected chi connectivity index (χ2v) is 9.31. The summed E-state index contributed by atoms with van der Waals surface area (Å²) in [5.41, 5.74) is 2.13. The van der Waals surface area contributed by atoms with Gasteiger partial charge in [-0.1, -0.05) is 6.42 Å². The smallest absolute Gasteiger partial charge is 0.340 e. The van der Waals surface area contributed by atoms with Gasteiger partial charge in [0.1, 0.15) is 11.1 Å². The van der Waals surface area contributed by atoms with Crippen molar-refractivity contribution < 1.29 is 14.3 Å². The minimum atomic E-state index is -0.939. The summed E-state index contributed by atoms with van der Waals surface area (Å²) in [6.07, 6.45) is 4.24. The summed E-state index contributed by atoms with van der Waals surface area (Å²) in [7, 11) is 0. The predicted molar refractivity (Wildman–Crippen MR) is 108 cm³/mol. The van der Waals surface area contributed by atoms with Crippen molar-refractivity contribution in [1.29, 1.82) is 5.26 Å². The van der Waals surface area contributed by atoms with Crippen LogP contribution >= 0.6 is 22.7 Å². The third-order valence-corrected chi connectivity index (χ3v) is 6.86. The molecule has 0 unspecified atom stereocenters. The standard InChI is InChI=1S/C20H22N2O3S2/c1-11-9-15(13(3)26-11)20(24)25-12(2)18(23)22-19-16(10-21)14-7-5-4-6-8-17(14)27-19/h9,12H,4-8H2,1-3H3,(H,22,23)/t12-/m1/s1. The Labute approximate surface area is 167 Å². The number of aryl methyl sites for hydroxylation is 3. The Hall–Kier alpha value is -2.17. The molecule has 27 heavy (non-hydrogen) atoms. The van der Waals surface area contributed by atoms with Crippen molar-refractivity contribution in [2.24, 2.45) is 0 Å². The fraction of sp³-hybridized carbons (Fsp3) is 0.450. The van der Waals surface area contributed by atoms with Crippen LogP contribution in [0.4, 0.5) is 5.00 Å². The van der Waals surface area contributed by atoms with Gasteiger partial charge in [0, 0.05) is 14.6 Å². The van der Waals surface area contributed by atoms with E-state index in [1.54, 1.807) is 13.0 Å². The van der Waals surface area contributed by atoms with Crippen molar-refractivity contribution in [2.45, 2.75) is 59.0 Å². The molecule has 0 aliphatic heterocycles. The van der Waals surface area contributed by atoms with Crippen LogP contribution in [0.2, 0.25) is 0 Å². The van der Waals surface area contributed by atoms with Gasteiger partial charge in [-0.15, -0.1) is 22.7 Å². The number of carbonyl (C=O) groups excluding carboxylic acids is 2. The van der Waals surface area contributed by atoms with Crippen LogP contribution in [-0.4, -0.2) is 18.0 Å². The maximum absolute atomic E-state index is 12.5. The molecular formula is C20H22N2O3S2. The van der Waals surface area contributed by atoms with Crippen molar-refractivity contribution in [2.75, 3.05) is 5.32 Å². The van der Waals surface area contributed by atoms with Crippen LogP contribution in [0, 0.1) is 25.2 Å². The summed E-state index contributed by atoms with van der Waals surface area (Å²) in [5.74, 6) is -0.914. The van der Waals surface area contributed by atoms with Gasteiger partial charge in [0.05, 0.1) is 11.1 Å². The van der Waals surface area contributed by atoms with Gasteiger partial charge in [-0.3, -0.25) is 4.79 Å². The van der Waals surface area contributed by atoms with Gasteiger partial charge in [0.2, 0.25) is 0 Å². The monoisotopic (exact) mass is 402 g/mol. The first-order valence-electron chi connectivity index (χ1n) is 9.04. The highest BCUT2D eigenvalue weighted by Gasteiger charge is 2.25. The normalized spacial score (nSPS) is 14.6. The van der Waals surface area contributed by atoms with E-state index in [-0.39, 0.29) is 0 Å². The number of carbonyl (C=O) groups is 2. The molecule has 1 amide bonds. The highest BCUT2D eigenvalue weighted by atomic mass is 32.1. The first kappa shape index (κ1) is 19.6. The summed E-state index contributed by atoms with van der Waals surface area (Å²) < 4.78 is 5.34. The number of amides is 1.